The minimum Gasteiger partial charge on any atom is -0.330 e. The molecule has 2 rings (SSSR count). The molecule has 1 aliphatic rings. The normalized spacial score (nSPS) is 19.1. The van der Waals surface area contributed by atoms with Gasteiger partial charge in [-0.05, 0) is 36.6 Å². The first-order valence-corrected chi connectivity index (χ1v) is 4.83. The van der Waals surface area contributed by atoms with E-state index in [4.69, 9.17) is 5.73 Å². The second-order valence-electron chi connectivity index (χ2n) is 3.96. The van der Waals surface area contributed by atoms with Gasteiger partial charge in [-0.3, -0.25) is 0 Å². The first-order valence-electron chi connectivity index (χ1n) is 4.83. The molecule has 0 heterocycles. The summed E-state index contributed by atoms with van der Waals surface area (Å²) >= 11 is 0. The molecule has 0 radical (unpaired) electrons. The van der Waals surface area contributed by atoms with Gasteiger partial charge < -0.3 is 5.73 Å². The molecule has 1 saturated carbocycles. The Labute approximate surface area is 81.9 Å². The predicted octanol–water partition coefficient (Wildman–Crippen LogP) is 2.35. The van der Waals surface area contributed by atoms with Crippen molar-refractivity contribution < 1.29 is 8.78 Å². The maximum absolute atomic E-state index is 13.5. The minimum absolute atomic E-state index is 0.299. The molecule has 2 N–H and O–H groups in total. The summed E-state index contributed by atoms with van der Waals surface area (Å²) in [6, 6.07) is 3.60. The zero-order valence-corrected chi connectivity index (χ0v) is 7.89. The fraction of sp³-hybridized carbons (Fsp3) is 0.455. The van der Waals surface area contributed by atoms with Crippen LogP contribution in [0.2, 0.25) is 0 Å². The van der Waals surface area contributed by atoms with Gasteiger partial charge in [0.15, 0.2) is 0 Å². The topological polar surface area (TPSA) is 26.0 Å². The van der Waals surface area contributed by atoms with E-state index in [9.17, 15) is 8.78 Å². The van der Waals surface area contributed by atoms with E-state index in [-0.39, 0.29) is 17.0 Å². The van der Waals surface area contributed by atoms with Gasteiger partial charge in [0.05, 0.1) is 0 Å². The number of hydrogen-bond acceptors (Lipinski definition) is 1. The molecule has 0 atom stereocenters. The van der Waals surface area contributed by atoms with Crippen LogP contribution in [-0.4, -0.2) is 6.54 Å². The Hall–Kier alpha value is -0.960. The lowest BCUT2D eigenvalue weighted by molar-refractivity contribution is 0.244. The molecule has 14 heavy (non-hydrogen) atoms. The van der Waals surface area contributed by atoms with E-state index in [1.807, 2.05) is 0 Å². The van der Waals surface area contributed by atoms with Gasteiger partial charge >= 0.3 is 0 Å². The van der Waals surface area contributed by atoms with Gasteiger partial charge in [-0.1, -0.05) is 6.42 Å². The van der Waals surface area contributed by atoms with Gasteiger partial charge in [-0.25, -0.2) is 8.78 Å². The van der Waals surface area contributed by atoms with Crippen molar-refractivity contribution in [2.45, 2.75) is 24.7 Å². The summed E-state index contributed by atoms with van der Waals surface area (Å²) in [4.78, 5) is 0. The lowest BCUT2D eigenvalue weighted by Gasteiger charge is -2.41. The third-order valence-corrected chi connectivity index (χ3v) is 3.20. The molecule has 1 fully saturated rings. The molecule has 1 nitrogen and oxygen atoms in total. The molecule has 3 heteroatoms. The molecular weight excluding hydrogens is 184 g/mol. The highest BCUT2D eigenvalue weighted by Gasteiger charge is 2.39. The zero-order valence-electron chi connectivity index (χ0n) is 7.89. The second-order valence-corrected chi connectivity index (χ2v) is 3.96. The highest BCUT2D eigenvalue weighted by molar-refractivity contribution is 5.30. The Morgan fingerprint density at radius 3 is 2.50 bits per heavy atom. The minimum atomic E-state index is -0.388. The first kappa shape index (κ1) is 9.59. The van der Waals surface area contributed by atoms with Crippen LogP contribution in [0, 0.1) is 11.6 Å². The number of rotatable bonds is 2. The molecule has 1 aromatic carbocycles. The van der Waals surface area contributed by atoms with E-state index < -0.39 is 0 Å². The molecule has 0 aromatic heterocycles. The Morgan fingerprint density at radius 2 is 2.00 bits per heavy atom. The Balaban J connectivity index is 2.43. The molecular formula is C11H13F2N. The van der Waals surface area contributed by atoms with Crippen molar-refractivity contribution in [2.75, 3.05) is 6.54 Å². The summed E-state index contributed by atoms with van der Waals surface area (Å²) < 4.78 is 26.4. The number of benzene rings is 1. The van der Waals surface area contributed by atoms with Crippen molar-refractivity contribution in [1.29, 1.82) is 0 Å². The average Bonchev–Trinajstić information content (AvgIpc) is 2.10. The summed E-state index contributed by atoms with van der Waals surface area (Å²) in [5.74, 6) is -0.724. The van der Waals surface area contributed by atoms with Crippen LogP contribution in [0.25, 0.3) is 0 Å². The molecule has 0 spiro atoms. The lowest BCUT2D eigenvalue weighted by Crippen LogP contribution is -2.42. The van der Waals surface area contributed by atoms with Crippen molar-refractivity contribution in [3.63, 3.8) is 0 Å². The highest BCUT2D eigenvalue weighted by Crippen LogP contribution is 2.43. The highest BCUT2D eigenvalue weighted by atomic mass is 19.1. The van der Waals surface area contributed by atoms with Gasteiger partial charge in [-0.2, -0.15) is 0 Å². The summed E-state index contributed by atoms with van der Waals surface area (Å²) in [7, 11) is 0. The third-order valence-electron chi connectivity index (χ3n) is 3.20. The van der Waals surface area contributed by atoms with Gasteiger partial charge in [0, 0.05) is 12.0 Å². The summed E-state index contributed by atoms with van der Waals surface area (Å²) in [6.07, 6.45) is 2.78. The van der Waals surface area contributed by atoms with Gasteiger partial charge in [0.1, 0.15) is 11.6 Å². The van der Waals surface area contributed by atoms with Crippen LogP contribution in [0.5, 0.6) is 0 Å². The van der Waals surface area contributed by atoms with Gasteiger partial charge in [0.2, 0.25) is 0 Å². The standard InChI is InChI=1S/C11H13F2N/c12-8-2-3-10(13)9(6-8)11(7-14)4-1-5-11/h2-3,6H,1,4-5,7,14H2. The maximum atomic E-state index is 13.5. The molecule has 0 saturated heterocycles. The number of hydrogen-bond donors (Lipinski definition) is 1. The monoisotopic (exact) mass is 197 g/mol. The van der Waals surface area contributed by atoms with E-state index in [1.54, 1.807) is 0 Å². The van der Waals surface area contributed by atoms with Gasteiger partial charge in [-0.15, -0.1) is 0 Å². The van der Waals surface area contributed by atoms with E-state index in [0.29, 0.717) is 12.1 Å². The van der Waals surface area contributed by atoms with Crippen molar-refractivity contribution in [3.8, 4) is 0 Å². The first-order chi connectivity index (χ1) is 6.68. The Bertz CT molecular complexity index is 340. The molecule has 0 bridgehead atoms. The number of nitrogens with two attached hydrogens (primary N) is 1. The molecule has 1 aromatic rings. The quantitative estimate of drug-likeness (QED) is 0.773. The van der Waals surface area contributed by atoms with Crippen LogP contribution in [0.4, 0.5) is 8.78 Å². The maximum Gasteiger partial charge on any atom is 0.127 e. The van der Waals surface area contributed by atoms with Crippen LogP contribution in [0.3, 0.4) is 0 Å². The molecule has 0 unspecified atom stereocenters. The van der Waals surface area contributed by atoms with E-state index >= 15 is 0 Å². The summed E-state index contributed by atoms with van der Waals surface area (Å²) in [6.45, 7) is 0.396. The smallest absolute Gasteiger partial charge is 0.127 e. The average molecular weight is 197 g/mol. The molecule has 1 aliphatic carbocycles. The predicted molar refractivity (Wildman–Crippen MR) is 50.9 cm³/mol. The zero-order chi connectivity index (χ0) is 10.2. The van der Waals surface area contributed by atoms with Crippen molar-refractivity contribution in [3.05, 3.63) is 35.4 Å². The third kappa shape index (κ3) is 1.32. The van der Waals surface area contributed by atoms with Gasteiger partial charge in [0.25, 0.3) is 0 Å². The van der Waals surface area contributed by atoms with Crippen LogP contribution >= 0.6 is 0 Å². The summed E-state index contributed by atoms with van der Waals surface area (Å²) in [5.41, 5.74) is 5.78. The second kappa shape index (κ2) is 3.31. The van der Waals surface area contributed by atoms with Crippen molar-refractivity contribution in [2.24, 2.45) is 5.73 Å². The molecule has 0 amide bonds. The largest absolute Gasteiger partial charge is 0.330 e. The SMILES string of the molecule is NCC1(c2cc(F)ccc2F)CCC1. The van der Waals surface area contributed by atoms with Crippen LogP contribution in [0.1, 0.15) is 24.8 Å². The molecule has 76 valence electrons. The van der Waals surface area contributed by atoms with Crippen molar-refractivity contribution in [1.82, 2.24) is 0 Å². The fourth-order valence-corrected chi connectivity index (χ4v) is 2.09. The van der Waals surface area contributed by atoms with Crippen LogP contribution in [-0.2, 0) is 5.41 Å². The fourth-order valence-electron chi connectivity index (χ4n) is 2.09. The van der Waals surface area contributed by atoms with Crippen LogP contribution in [0.15, 0.2) is 18.2 Å². The molecule has 0 aliphatic heterocycles. The number of halogens is 2. The summed E-state index contributed by atoms with van der Waals surface area (Å²) in [5, 5.41) is 0. The van der Waals surface area contributed by atoms with Crippen LogP contribution < -0.4 is 5.73 Å². The Kier molecular flexibility index (Phi) is 2.27. The van der Waals surface area contributed by atoms with Crippen molar-refractivity contribution >= 4 is 0 Å². The lowest BCUT2D eigenvalue weighted by atomic mass is 9.64. The Morgan fingerprint density at radius 1 is 1.29 bits per heavy atom. The van der Waals surface area contributed by atoms with E-state index in [1.165, 1.54) is 12.1 Å². The van der Waals surface area contributed by atoms with E-state index in [0.717, 1.165) is 25.3 Å². The van der Waals surface area contributed by atoms with E-state index in [2.05, 4.69) is 0 Å².